The maximum atomic E-state index is 11.8. The van der Waals surface area contributed by atoms with E-state index in [9.17, 15) is 4.79 Å². The summed E-state index contributed by atoms with van der Waals surface area (Å²) in [6.45, 7) is 4.11. The number of carbonyl (C=O) groups is 1. The lowest BCUT2D eigenvalue weighted by molar-refractivity contribution is 0.101. The standard InChI is InChI=1S/C19H16ClNO2/c1-11-3-6-16-14(7-11)8-17-15-5-4-13(18(22)10-20)9-19(15)23-12(2)21(16)17/h3-9,12H,10H2,1-2H3. The molecule has 23 heavy (non-hydrogen) atoms. The minimum Gasteiger partial charge on any atom is -0.470 e. The van der Waals surface area contributed by atoms with Gasteiger partial charge in [-0.2, -0.15) is 0 Å². The van der Waals surface area contributed by atoms with E-state index in [-0.39, 0.29) is 17.9 Å². The number of halogens is 1. The lowest BCUT2D eigenvalue weighted by atomic mass is 10.0. The Bertz CT molecular complexity index is 942. The number of aryl methyl sites for hydroxylation is 1. The van der Waals surface area contributed by atoms with Gasteiger partial charge < -0.3 is 9.30 Å². The van der Waals surface area contributed by atoms with Crippen molar-refractivity contribution in [3.05, 3.63) is 53.6 Å². The van der Waals surface area contributed by atoms with Crippen LogP contribution < -0.4 is 4.74 Å². The minimum absolute atomic E-state index is 0.0200. The molecular formula is C19H16ClNO2. The fourth-order valence-corrected chi connectivity index (χ4v) is 3.43. The molecule has 3 aromatic rings. The number of Topliss-reactive ketones (excluding diaryl/α,β-unsaturated/α-hetero) is 1. The summed E-state index contributed by atoms with van der Waals surface area (Å²) in [5, 5.41) is 1.20. The summed E-state index contributed by atoms with van der Waals surface area (Å²) in [7, 11) is 0. The minimum atomic E-state index is -0.126. The number of alkyl halides is 1. The Morgan fingerprint density at radius 3 is 2.83 bits per heavy atom. The zero-order valence-corrected chi connectivity index (χ0v) is 13.7. The van der Waals surface area contributed by atoms with E-state index in [2.05, 4.69) is 35.8 Å². The van der Waals surface area contributed by atoms with E-state index >= 15 is 0 Å². The van der Waals surface area contributed by atoms with Gasteiger partial charge >= 0.3 is 0 Å². The van der Waals surface area contributed by atoms with Crippen LogP contribution in [-0.2, 0) is 0 Å². The highest BCUT2D eigenvalue weighted by Crippen LogP contribution is 2.42. The number of hydrogen-bond acceptors (Lipinski definition) is 2. The predicted octanol–water partition coefficient (Wildman–Crippen LogP) is 4.95. The molecule has 1 aromatic heterocycles. The van der Waals surface area contributed by atoms with Crippen molar-refractivity contribution in [2.75, 3.05) is 5.88 Å². The van der Waals surface area contributed by atoms with Gasteiger partial charge in [-0.15, -0.1) is 11.6 Å². The maximum absolute atomic E-state index is 11.8. The van der Waals surface area contributed by atoms with Crippen LogP contribution in [0.4, 0.5) is 0 Å². The molecule has 0 saturated carbocycles. The topological polar surface area (TPSA) is 31.2 Å². The fraction of sp³-hybridized carbons (Fsp3) is 0.211. The van der Waals surface area contributed by atoms with Crippen LogP contribution in [0.1, 0.15) is 29.1 Å². The molecule has 0 bridgehead atoms. The maximum Gasteiger partial charge on any atom is 0.177 e. The Labute approximate surface area is 139 Å². The van der Waals surface area contributed by atoms with Crippen LogP contribution in [0, 0.1) is 6.92 Å². The third kappa shape index (κ3) is 2.15. The van der Waals surface area contributed by atoms with E-state index in [0.717, 1.165) is 22.5 Å². The monoisotopic (exact) mass is 325 g/mol. The van der Waals surface area contributed by atoms with Crippen LogP contribution in [0.3, 0.4) is 0 Å². The smallest absolute Gasteiger partial charge is 0.177 e. The van der Waals surface area contributed by atoms with Gasteiger partial charge in [0.25, 0.3) is 0 Å². The number of fused-ring (bicyclic) bond motifs is 5. The van der Waals surface area contributed by atoms with Crippen molar-refractivity contribution in [3.63, 3.8) is 0 Å². The molecule has 0 aliphatic carbocycles. The van der Waals surface area contributed by atoms with Gasteiger partial charge in [-0.05, 0) is 44.2 Å². The van der Waals surface area contributed by atoms with Gasteiger partial charge in [0.2, 0.25) is 0 Å². The predicted molar refractivity (Wildman–Crippen MR) is 92.5 cm³/mol. The first-order valence-corrected chi connectivity index (χ1v) is 8.14. The number of hydrogen-bond donors (Lipinski definition) is 0. The highest BCUT2D eigenvalue weighted by atomic mass is 35.5. The molecule has 4 rings (SSSR count). The van der Waals surface area contributed by atoms with Gasteiger partial charge in [0.05, 0.1) is 17.1 Å². The quantitative estimate of drug-likeness (QED) is 0.493. The SMILES string of the molecule is Cc1ccc2c(c1)cc1n2C(C)Oc2cc(C(=O)CCl)ccc2-1. The molecule has 1 aliphatic rings. The van der Waals surface area contributed by atoms with Crippen molar-refractivity contribution in [1.82, 2.24) is 4.57 Å². The van der Waals surface area contributed by atoms with E-state index in [4.69, 9.17) is 16.3 Å². The Hall–Kier alpha value is -2.26. The van der Waals surface area contributed by atoms with Gasteiger partial charge in [0.1, 0.15) is 5.75 Å². The number of ether oxygens (including phenoxy) is 1. The van der Waals surface area contributed by atoms with Crippen LogP contribution >= 0.6 is 11.6 Å². The largest absolute Gasteiger partial charge is 0.470 e. The number of ketones is 1. The summed E-state index contributed by atoms with van der Waals surface area (Å²) in [4.78, 5) is 11.8. The van der Waals surface area contributed by atoms with Gasteiger partial charge in [0, 0.05) is 16.5 Å². The lowest BCUT2D eigenvalue weighted by Crippen LogP contribution is -2.18. The van der Waals surface area contributed by atoms with E-state index in [1.54, 1.807) is 6.07 Å². The second kappa shape index (κ2) is 5.14. The fourth-order valence-electron chi connectivity index (χ4n) is 3.27. The molecule has 1 atom stereocenters. The summed E-state index contributed by atoms with van der Waals surface area (Å²) in [6.07, 6.45) is -0.126. The van der Waals surface area contributed by atoms with Crippen LogP contribution in [0.2, 0.25) is 0 Å². The molecule has 0 spiro atoms. The highest BCUT2D eigenvalue weighted by molar-refractivity contribution is 6.30. The van der Waals surface area contributed by atoms with Crippen molar-refractivity contribution >= 4 is 28.3 Å². The molecule has 1 unspecified atom stereocenters. The van der Waals surface area contributed by atoms with Gasteiger partial charge in [-0.25, -0.2) is 0 Å². The number of rotatable bonds is 2. The molecule has 2 aromatic carbocycles. The molecule has 116 valence electrons. The van der Waals surface area contributed by atoms with Crippen molar-refractivity contribution in [1.29, 1.82) is 0 Å². The normalized spacial score (nSPS) is 15.9. The molecule has 2 heterocycles. The number of nitrogens with zero attached hydrogens (tertiary/aromatic N) is 1. The second-order valence-corrected chi connectivity index (χ2v) is 6.21. The van der Waals surface area contributed by atoms with Crippen molar-refractivity contribution in [2.45, 2.75) is 20.1 Å². The van der Waals surface area contributed by atoms with E-state index < -0.39 is 0 Å². The molecule has 0 radical (unpaired) electrons. The first-order valence-electron chi connectivity index (χ1n) is 7.60. The molecule has 0 N–H and O–H groups in total. The third-order valence-corrected chi connectivity index (χ3v) is 4.60. The van der Waals surface area contributed by atoms with Crippen LogP contribution in [0.5, 0.6) is 5.75 Å². The Balaban J connectivity index is 1.94. The second-order valence-electron chi connectivity index (χ2n) is 5.95. The van der Waals surface area contributed by atoms with E-state index in [1.807, 2.05) is 19.1 Å². The van der Waals surface area contributed by atoms with Crippen LogP contribution in [-0.4, -0.2) is 16.2 Å². The average molecular weight is 326 g/mol. The molecular weight excluding hydrogens is 310 g/mol. The number of benzene rings is 2. The van der Waals surface area contributed by atoms with E-state index in [1.165, 1.54) is 10.9 Å². The Kier molecular flexibility index (Phi) is 3.20. The summed E-state index contributed by atoms with van der Waals surface area (Å²) in [6, 6.07) is 14.2. The van der Waals surface area contributed by atoms with Gasteiger partial charge in [-0.3, -0.25) is 4.79 Å². The Morgan fingerprint density at radius 2 is 2.04 bits per heavy atom. The molecule has 0 amide bonds. The number of aromatic nitrogens is 1. The molecule has 4 heteroatoms. The first kappa shape index (κ1) is 14.3. The van der Waals surface area contributed by atoms with Crippen LogP contribution in [0.15, 0.2) is 42.5 Å². The summed E-state index contributed by atoms with van der Waals surface area (Å²) < 4.78 is 8.25. The zero-order chi connectivity index (χ0) is 16.1. The third-order valence-electron chi connectivity index (χ3n) is 4.36. The lowest BCUT2D eigenvalue weighted by Gasteiger charge is -2.27. The van der Waals surface area contributed by atoms with Gasteiger partial charge in [-0.1, -0.05) is 17.7 Å². The van der Waals surface area contributed by atoms with Crippen molar-refractivity contribution in [3.8, 4) is 17.0 Å². The molecule has 0 fully saturated rings. The van der Waals surface area contributed by atoms with E-state index in [0.29, 0.717) is 5.56 Å². The van der Waals surface area contributed by atoms with Crippen LogP contribution in [0.25, 0.3) is 22.2 Å². The van der Waals surface area contributed by atoms with Gasteiger partial charge in [0.15, 0.2) is 12.0 Å². The van der Waals surface area contributed by atoms with Crippen molar-refractivity contribution in [2.24, 2.45) is 0 Å². The Morgan fingerprint density at radius 1 is 1.22 bits per heavy atom. The summed E-state index contributed by atoms with van der Waals surface area (Å²) in [5.74, 6) is 0.626. The number of carbonyl (C=O) groups excluding carboxylic acids is 1. The average Bonchev–Trinajstić information content (AvgIpc) is 2.92. The molecule has 1 aliphatic heterocycles. The zero-order valence-electron chi connectivity index (χ0n) is 13.0. The highest BCUT2D eigenvalue weighted by Gasteiger charge is 2.25. The molecule has 3 nitrogen and oxygen atoms in total. The first-order chi connectivity index (χ1) is 11.1. The molecule has 0 saturated heterocycles. The summed E-state index contributed by atoms with van der Waals surface area (Å²) >= 11 is 5.65. The summed E-state index contributed by atoms with van der Waals surface area (Å²) in [5.41, 5.74) is 5.10. The van der Waals surface area contributed by atoms with Crippen molar-refractivity contribution < 1.29 is 9.53 Å².